The van der Waals surface area contributed by atoms with Crippen LogP contribution in [-0.4, -0.2) is 25.0 Å². The van der Waals surface area contributed by atoms with Crippen LogP contribution in [-0.2, 0) is 0 Å². The van der Waals surface area contributed by atoms with Crippen LogP contribution in [0.5, 0.6) is 0 Å². The Hall–Kier alpha value is -1.06. The van der Waals surface area contributed by atoms with E-state index in [1.807, 2.05) is 32.0 Å². The first-order valence-electron chi connectivity index (χ1n) is 6.14. The Labute approximate surface area is 116 Å². The Morgan fingerprint density at radius 2 is 2.00 bits per heavy atom. The van der Waals surface area contributed by atoms with E-state index in [9.17, 15) is 4.79 Å². The molecule has 18 heavy (non-hydrogen) atoms. The summed E-state index contributed by atoms with van der Waals surface area (Å²) in [6.45, 7) is 9.70. The SMILES string of the molecule is CCN[C@H](C)CNC(=O)c1cccc(C)c1C.Cl. The minimum Gasteiger partial charge on any atom is -0.350 e. The number of nitrogens with one attached hydrogen (secondary N) is 2. The van der Waals surface area contributed by atoms with Gasteiger partial charge in [0, 0.05) is 18.2 Å². The molecule has 0 radical (unpaired) electrons. The van der Waals surface area contributed by atoms with E-state index in [4.69, 9.17) is 0 Å². The van der Waals surface area contributed by atoms with Crippen molar-refractivity contribution in [1.29, 1.82) is 0 Å². The van der Waals surface area contributed by atoms with Crippen LogP contribution in [0.1, 0.15) is 35.3 Å². The van der Waals surface area contributed by atoms with Gasteiger partial charge in [0.2, 0.25) is 0 Å². The first-order valence-corrected chi connectivity index (χ1v) is 6.14. The quantitative estimate of drug-likeness (QED) is 0.863. The van der Waals surface area contributed by atoms with Gasteiger partial charge in [-0.15, -0.1) is 12.4 Å². The van der Waals surface area contributed by atoms with Crippen molar-refractivity contribution in [3.05, 3.63) is 34.9 Å². The molecule has 0 spiro atoms. The second-order valence-corrected chi connectivity index (χ2v) is 4.42. The Kier molecular flexibility index (Phi) is 7.64. The predicted octanol–water partition coefficient (Wildman–Crippen LogP) is 2.45. The van der Waals surface area contributed by atoms with Crippen LogP contribution >= 0.6 is 12.4 Å². The molecule has 2 N–H and O–H groups in total. The van der Waals surface area contributed by atoms with Gasteiger partial charge in [-0.1, -0.05) is 19.1 Å². The molecule has 3 nitrogen and oxygen atoms in total. The summed E-state index contributed by atoms with van der Waals surface area (Å²) in [5, 5.41) is 6.21. The molecule has 0 heterocycles. The minimum atomic E-state index is 0. The lowest BCUT2D eigenvalue weighted by molar-refractivity contribution is 0.0949. The Balaban J connectivity index is 0.00000289. The molecule has 1 aromatic rings. The number of benzene rings is 1. The van der Waals surface area contributed by atoms with Crippen molar-refractivity contribution in [2.75, 3.05) is 13.1 Å². The highest BCUT2D eigenvalue weighted by molar-refractivity contribution is 5.95. The van der Waals surface area contributed by atoms with Crippen molar-refractivity contribution >= 4 is 18.3 Å². The molecule has 0 aliphatic carbocycles. The Morgan fingerprint density at radius 1 is 1.33 bits per heavy atom. The van der Waals surface area contributed by atoms with E-state index in [2.05, 4.69) is 24.5 Å². The summed E-state index contributed by atoms with van der Waals surface area (Å²) in [6, 6.07) is 6.11. The minimum absolute atomic E-state index is 0. The van der Waals surface area contributed by atoms with E-state index >= 15 is 0 Å². The average molecular weight is 271 g/mol. The number of hydrogen-bond donors (Lipinski definition) is 2. The largest absolute Gasteiger partial charge is 0.350 e. The molecule has 0 aliphatic rings. The van der Waals surface area contributed by atoms with Gasteiger partial charge in [-0.3, -0.25) is 4.79 Å². The highest BCUT2D eigenvalue weighted by atomic mass is 35.5. The highest BCUT2D eigenvalue weighted by Crippen LogP contribution is 2.12. The maximum atomic E-state index is 12.0. The van der Waals surface area contributed by atoms with Crippen LogP contribution < -0.4 is 10.6 Å². The summed E-state index contributed by atoms with van der Waals surface area (Å²) < 4.78 is 0. The normalized spacial score (nSPS) is 11.6. The number of hydrogen-bond acceptors (Lipinski definition) is 2. The van der Waals surface area contributed by atoms with Crippen molar-refractivity contribution in [2.24, 2.45) is 0 Å². The van der Waals surface area contributed by atoms with Crippen LogP contribution in [0.2, 0.25) is 0 Å². The lowest BCUT2D eigenvalue weighted by Crippen LogP contribution is -2.39. The molecule has 4 heteroatoms. The van der Waals surface area contributed by atoms with Crippen molar-refractivity contribution in [1.82, 2.24) is 10.6 Å². The van der Waals surface area contributed by atoms with Crippen molar-refractivity contribution < 1.29 is 4.79 Å². The van der Waals surface area contributed by atoms with Gasteiger partial charge in [0.1, 0.15) is 0 Å². The molecule has 0 saturated heterocycles. The molecule has 0 aromatic heterocycles. The van der Waals surface area contributed by atoms with Crippen LogP contribution in [0.3, 0.4) is 0 Å². The van der Waals surface area contributed by atoms with Gasteiger partial charge in [-0.05, 0) is 44.5 Å². The number of likely N-dealkylation sites (N-methyl/N-ethyl adjacent to an activating group) is 1. The molecule has 102 valence electrons. The fraction of sp³-hybridized carbons (Fsp3) is 0.500. The van der Waals surface area contributed by atoms with Crippen molar-refractivity contribution in [3.63, 3.8) is 0 Å². The van der Waals surface area contributed by atoms with Gasteiger partial charge in [0.15, 0.2) is 0 Å². The van der Waals surface area contributed by atoms with Gasteiger partial charge < -0.3 is 10.6 Å². The van der Waals surface area contributed by atoms with E-state index in [-0.39, 0.29) is 18.3 Å². The third kappa shape index (κ3) is 4.67. The zero-order valence-corrected chi connectivity index (χ0v) is 12.4. The molecule has 1 atom stereocenters. The standard InChI is InChI=1S/C14H22N2O.ClH/c1-5-15-11(3)9-16-14(17)13-8-6-7-10(2)12(13)4;/h6-8,11,15H,5,9H2,1-4H3,(H,16,17);1H/t11-;/m1./s1. The number of rotatable bonds is 5. The summed E-state index contributed by atoms with van der Waals surface area (Å²) in [7, 11) is 0. The van der Waals surface area contributed by atoms with Gasteiger partial charge in [0.05, 0.1) is 0 Å². The molecule has 0 unspecified atom stereocenters. The first-order chi connectivity index (χ1) is 8.06. The van der Waals surface area contributed by atoms with E-state index in [1.165, 1.54) is 0 Å². The van der Waals surface area contributed by atoms with Crippen molar-refractivity contribution in [2.45, 2.75) is 33.7 Å². The van der Waals surface area contributed by atoms with E-state index < -0.39 is 0 Å². The fourth-order valence-electron chi connectivity index (χ4n) is 1.76. The third-order valence-electron chi connectivity index (χ3n) is 2.97. The molecule has 1 amide bonds. The van der Waals surface area contributed by atoms with Crippen molar-refractivity contribution in [3.8, 4) is 0 Å². The van der Waals surface area contributed by atoms with Gasteiger partial charge in [-0.25, -0.2) is 0 Å². The zero-order chi connectivity index (χ0) is 12.8. The number of amides is 1. The average Bonchev–Trinajstić information content (AvgIpc) is 2.30. The summed E-state index contributed by atoms with van der Waals surface area (Å²) in [6.07, 6.45) is 0. The molecule has 0 aliphatic heterocycles. The lowest BCUT2D eigenvalue weighted by Gasteiger charge is -2.14. The number of aryl methyl sites for hydroxylation is 1. The number of halogens is 1. The number of carbonyl (C=O) groups excluding carboxylic acids is 1. The molecule has 0 bridgehead atoms. The smallest absolute Gasteiger partial charge is 0.251 e. The Bertz CT molecular complexity index is 393. The second kappa shape index (κ2) is 8.11. The molecule has 1 rings (SSSR count). The summed E-state index contributed by atoms with van der Waals surface area (Å²) in [5.41, 5.74) is 2.98. The monoisotopic (exact) mass is 270 g/mol. The van der Waals surface area contributed by atoms with Crippen LogP contribution in [0, 0.1) is 13.8 Å². The third-order valence-corrected chi connectivity index (χ3v) is 2.97. The van der Waals surface area contributed by atoms with E-state index in [1.54, 1.807) is 0 Å². The van der Waals surface area contributed by atoms with E-state index in [0.717, 1.165) is 23.2 Å². The second-order valence-electron chi connectivity index (χ2n) is 4.42. The maximum Gasteiger partial charge on any atom is 0.251 e. The van der Waals surface area contributed by atoms with Gasteiger partial charge >= 0.3 is 0 Å². The first kappa shape index (κ1) is 16.9. The van der Waals surface area contributed by atoms with Crippen LogP contribution in [0.4, 0.5) is 0 Å². The lowest BCUT2D eigenvalue weighted by atomic mass is 10.0. The van der Waals surface area contributed by atoms with Crippen LogP contribution in [0.15, 0.2) is 18.2 Å². The van der Waals surface area contributed by atoms with Crippen LogP contribution in [0.25, 0.3) is 0 Å². The summed E-state index contributed by atoms with van der Waals surface area (Å²) in [5.74, 6) is 0.0101. The maximum absolute atomic E-state index is 12.0. The molecular weight excluding hydrogens is 248 g/mol. The molecule has 1 aromatic carbocycles. The highest BCUT2D eigenvalue weighted by Gasteiger charge is 2.10. The molecule has 0 saturated carbocycles. The van der Waals surface area contributed by atoms with E-state index in [0.29, 0.717) is 12.6 Å². The predicted molar refractivity (Wildman–Crippen MR) is 78.6 cm³/mol. The fourth-order valence-corrected chi connectivity index (χ4v) is 1.76. The molecule has 0 fully saturated rings. The Morgan fingerprint density at radius 3 is 2.61 bits per heavy atom. The number of carbonyl (C=O) groups is 1. The topological polar surface area (TPSA) is 41.1 Å². The summed E-state index contributed by atoms with van der Waals surface area (Å²) >= 11 is 0. The van der Waals surface area contributed by atoms with Gasteiger partial charge in [0.25, 0.3) is 5.91 Å². The zero-order valence-electron chi connectivity index (χ0n) is 11.5. The molecular formula is C14H23ClN2O. The summed E-state index contributed by atoms with van der Waals surface area (Å²) in [4.78, 5) is 12.0. The van der Waals surface area contributed by atoms with Gasteiger partial charge in [-0.2, -0.15) is 0 Å².